The van der Waals surface area contributed by atoms with Crippen molar-refractivity contribution in [2.75, 3.05) is 40.1 Å². The number of ether oxygens (including phenoxy) is 3. The van der Waals surface area contributed by atoms with Gasteiger partial charge in [0.2, 0.25) is 0 Å². The van der Waals surface area contributed by atoms with Gasteiger partial charge in [0.1, 0.15) is 12.4 Å². The first kappa shape index (κ1) is 17.0. The van der Waals surface area contributed by atoms with Crippen LogP contribution in [0.25, 0.3) is 0 Å². The molecule has 1 aromatic carbocycles. The zero-order chi connectivity index (χ0) is 14.6. The fourth-order valence-corrected chi connectivity index (χ4v) is 1.70. The summed E-state index contributed by atoms with van der Waals surface area (Å²) in [4.78, 5) is 0. The maximum Gasteiger partial charge on any atom is 0.119 e. The van der Waals surface area contributed by atoms with Gasteiger partial charge in [0, 0.05) is 32.9 Å². The molecule has 0 aliphatic heterocycles. The highest BCUT2D eigenvalue weighted by molar-refractivity contribution is 5.26. The average Bonchev–Trinajstić information content (AvgIpc) is 2.46. The monoisotopic (exact) mass is 281 g/mol. The van der Waals surface area contributed by atoms with Gasteiger partial charge in [0.05, 0.1) is 6.61 Å². The summed E-state index contributed by atoms with van der Waals surface area (Å²) in [6, 6.07) is 8.42. The fourth-order valence-electron chi connectivity index (χ4n) is 1.70. The van der Waals surface area contributed by atoms with Gasteiger partial charge in [-0.1, -0.05) is 17.7 Å². The van der Waals surface area contributed by atoms with E-state index in [0.29, 0.717) is 12.6 Å². The molecular weight excluding hydrogens is 254 g/mol. The van der Waals surface area contributed by atoms with Gasteiger partial charge in [0.15, 0.2) is 0 Å². The molecule has 0 heterocycles. The fraction of sp³-hybridized carbons (Fsp3) is 0.625. The van der Waals surface area contributed by atoms with Crippen molar-refractivity contribution >= 4 is 0 Å². The standard InChI is InChI=1S/C16H27NO3/c1-14-5-7-16(8-6-14)20-13-15(2)17-9-12-19-11-4-10-18-3/h5-8,15,17H,4,9-13H2,1-3H3. The van der Waals surface area contributed by atoms with E-state index in [1.54, 1.807) is 7.11 Å². The van der Waals surface area contributed by atoms with Gasteiger partial charge in [-0.2, -0.15) is 0 Å². The minimum atomic E-state index is 0.305. The van der Waals surface area contributed by atoms with Gasteiger partial charge in [-0.25, -0.2) is 0 Å². The molecule has 1 aromatic rings. The lowest BCUT2D eigenvalue weighted by atomic mass is 10.2. The molecule has 1 N–H and O–H groups in total. The van der Waals surface area contributed by atoms with Crippen LogP contribution in [0.15, 0.2) is 24.3 Å². The van der Waals surface area contributed by atoms with Gasteiger partial charge in [0.25, 0.3) is 0 Å². The number of nitrogens with one attached hydrogen (secondary N) is 1. The highest BCUT2D eigenvalue weighted by Crippen LogP contribution is 2.11. The summed E-state index contributed by atoms with van der Waals surface area (Å²) in [5.41, 5.74) is 1.24. The first-order valence-electron chi connectivity index (χ1n) is 7.22. The Morgan fingerprint density at radius 1 is 1.10 bits per heavy atom. The van der Waals surface area contributed by atoms with E-state index in [1.165, 1.54) is 5.56 Å². The number of hydrogen-bond acceptors (Lipinski definition) is 4. The molecular formula is C16H27NO3. The number of rotatable bonds is 11. The average molecular weight is 281 g/mol. The van der Waals surface area contributed by atoms with Crippen molar-refractivity contribution in [1.29, 1.82) is 0 Å². The van der Waals surface area contributed by atoms with Gasteiger partial charge >= 0.3 is 0 Å². The summed E-state index contributed by atoms with van der Waals surface area (Å²) < 4.78 is 16.1. The zero-order valence-corrected chi connectivity index (χ0v) is 12.9. The Morgan fingerprint density at radius 2 is 1.85 bits per heavy atom. The molecule has 0 fully saturated rings. The maximum atomic E-state index is 5.71. The molecule has 0 aliphatic rings. The summed E-state index contributed by atoms with van der Waals surface area (Å²) in [6.07, 6.45) is 0.947. The topological polar surface area (TPSA) is 39.7 Å². The van der Waals surface area contributed by atoms with Crippen LogP contribution in [0.4, 0.5) is 0 Å². The van der Waals surface area contributed by atoms with Crippen molar-refractivity contribution < 1.29 is 14.2 Å². The third kappa shape index (κ3) is 8.15. The number of hydrogen-bond donors (Lipinski definition) is 1. The minimum Gasteiger partial charge on any atom is -0.492 e. The molecule has 114 valence electrons. The van der Waals surface area contributed by atoms with Crippen LogP contribution in [0.1, 0.15) is 18.9 Å². The Bertz CT molecular complexity index is 340. The summed E-state index contributed by atoms with van der Waals surface area (Å²) in [6.45, 7) is 7.91. The van der Waals surface area contributed by atoms with Crippen LogP contribution in [0.5, 0.6) is 5.75 Å². The Balaban J connectivity index is 2.00. The van der Waals surface area contributed by atoms with Crippen LogP contribution in [0.2, 0.25) is 0 Å². The van der Waals surface area contributed by atoms with Crippen molar-refractivity contribution in [3.8, 4) is 5.75 Å². The molecule has 0 saturated carbocycles. The Labute approximate surface area is 122 Å². The predicted octanol–water partition coefficient (Wildman–Crippen LogP) is 2.41. The maximum absolute atomic E-state index is 5.71. The zero-order valence-electron chi connectivity index (χ0n) is 12.9. The van der Waals surface area contributed by atoms with Gasteiger partial charge in [-0.15, -0.1) is 0 Å². The molecule has 20 heavy (non-hydrogen) atoms. The molecule has 0 saturated heterocycles. The van der Waals surface area contributed by atoms with Gasteiger partial charge in [-0.3, -0.25) is 0 Å². The van der Waals surface area contributed by atoms with Crippen molar-refractivity contribution in [1.82, 2.24) is 5.32 Å². The molecule has 0 aromatic heterocycles. The third-order valence-electron chi connectivity index (χ3n) is 2.90. The van der Waals surface area contributed by atoms with Crippen LogP contribution >= 0.6 is 0 Å². The normalized spacial score (nSPS) is 12.3. The van der Waals surface area contributed by atoms with Crippen molar-refractivity contribution in [2.24, 2.45) is 0 Å². The molecule has 1 atom stereocenters. The lowest BCUT2D eigenvalue weighted by molar-refractivity contribution is 0.102. The Kier molecular flexibility index (Phi) is 9.04. The van der Waals surface area contributed by atoms with Gasteiger partial charge < -0.3 is 19.5 Å². The number of benzene rings is 1. The van der Waals surface area contributed by atoms with E-state index in [4.69, 9.17) is 14.2 Å². The second-order valence-corrected chi connectivity index (χ2v) is 4.94. The molecule has 0 radical (unpaired) electrons. The van der Waals surface area contributed by atoms with E-state index in [-0.39, 0.29) is 0 Å². The number of methoxy groups -OCH3 is 1. The molecule has 0 amide bonds. The highest BCUT2D eigenvalue weighted by atomic mass is 16.5. The highest BCUT2D eigenvalue weighted by Gasteiger charge is 2.02. The first-order valence-corrected chi connectivity index (χ1v) is 7.22. The first-order chi connectivity index (χ1) is 9.72. The van der Waals surface area contributed by atoms with Crippen LogP contribution < -0.4 is 10.1 Å². The molecule has 0 bridgehead atoms. The largest absolute Gasteiger partial charge is 0.492 e. The quantitative estimate of drug-likeness (QED) is 0.632. The summed E-state index contributed by atoms with van der Waals surface area (Å²) in [5, 5.41) is 3.37. The van der Waals surface area contributed by atoms with E-state index in [9.17, 15) is 0 Å². The van der Waals surface area contributed by atoms with Crippen LogP contribution in [0.3, 0.4) is 0 Å². The third-order valence-corrected chi connectivity index (χ3v) is 2.90. The number of aryl methyl sites for hydroxylation is 1. The van der Waals surface area contributed by atoms with Crippen LogP contribution in [0, 0.1) is 6.92 Å². The SMILES string of the molecule is COCCCOCCNC(C)COc1ccc(C)cc1. The smallest absolute Gasteiger partial charge is 0.119 e. The predicted molar refractivity (Wildman–Crippen MR) is 81.5 cm³/mol. The lowest BCUT2D eigenvalue weighted by Crippen LogP contribution is -2.34. The van der Waals surface area contributed by atoms with E-state index in [0.717, 1.165) is 38.5 Å². The van der Waals surface area contributed by atoms with Crippen molar-refractivity contribution in [2.45, 2.75) is 26.3 Å². The van der Waals surface area contributed by atoms with E-state index in [2.05, 4.69) is 31.3 Å². The van der Waals surface area contributed by atoms with Crippen LogP contribution in [-0.2, 0) is 9.47 Å². The summed E-state index contributed by atoms with van der Waals surface area (Å²) in [5.74, 6) is 0.917. The van der Waals surface area contributed by atoms with E-state index < -0.39 is 0 Å². The molecule has 4 nitrogen and oxygen atoms in total. The minimum absolute atomic E-state index is 0.305. The van der Waals surface area contributed by atoms with Gasteiger partial charge in [-0.05, 0) is 32.4 Å². The molecule has 1 unspecified atom stereocenters. The van der Waals surface area contributed by atoms with Crippen LogP contribution in [-0.4, -0.2) is 46.1 Å². The lowest BCUT2D eigenvalue weighted by Gasteiger charge is -2.15. The molecule has 0 spiro atoms. The van der Waals surface area contributed by atoms with E-state index >= 15 is 0 Å². The second-order valence-electron chi connectivity index (χ2n) is 4.94. The van der Waals surface area contributed by atoms with Crippen molar-refractivity contribution in [3.05, 3.63) is 29.8 Å². The molecule has 4 heteroatoms. The molecule has 1 rings (SSSR count). The summed E-state index contributed by atoms with van der Waals surface area (Å²) >= 11 is 0. The Morgan fingerprint density at radius 3 is 2.55 bits per heavy atom. The van der Waals surface area contributed by atoms with E-state index in [1.807, 2.05) is 12.1 Å². The second kappa shape index (κ2) is 10.7. The molecule has 0 aliphatic carbocycles. The summed E-state index contributed by atoms with van der Waals surface area (Å²) in [7, 11) is 1.71. The Hall–Kier alpha value is -1.10. The van der Waals surface area contributed by atoms with Crippen molar-refractivity contribution in [3.63, 3.8) is 0 Å².